The van der Waals surface area contributed by atoms with Gasteiger partial charge in [-0.2, -0.15) is 0 Å². The number of aromatic nitrogens is 1. The maximum absolute atomic E-state index is 11.8. The fourth-order valence-electron chi connectivity index (χ4n) is 1.44. The zero-order chi connectivity index (χ0) is 13.8. The third-order valence-corrected chi connectivity index (χ3v) is 2.34. The minimum Gasteiger partial charge on any atom is -0.384 e. The number of carbonyl (C=O) groups is 1. The molecule has 2 rings (SSSR count). The number of benzene rings is 1. The summed E-state index contributed by atoms with van der Waals surface area (Å²) in [7, 11) is 0. The molecule has 0 aliphatic carbocycles. The Morgan fingerprint density at radius 2 is 1.89 bits per heavy atom. The Kier molecular flexibility index (Phi) is 3.37. The van der Waals surface area contributed by atoms with E-state index in [0.717, 1.165) is 0 Å². The van der Waals surface area contributed by atoms with Crippen molar-refractivity contribution in [1.82, 2.24) is 4.98 Å². The van der Waals surface area contributed by atoms with Crippen LogP contribution in [0, 0.1) is 10.1 Å². The van der Waals surface area contributed by atoms with E-state index in [9.17, 15) is 14.9 Å². The van der Waals surface area contributed by atoms with Gasteiger partial charge in [0, 0.05) is 17.8 Å². The van der Waals surface area contributed by atoms with Crippen LogP contribution < -0.4 is 11.1 Å². The van der Waals surface area contributed by atoms with Crippen molar-refractivity contribution in [2.75, 3.05) is 11.1 Å². The van der Waals surface area contributed by atoms with Crippen LogP contribution in [0.4, 0.5) is 17.2 Å². The predicted octanol–water partition coefficient (Wildman–Crippen LogP) is 1.82. The number of nitro benzene ring substituents is 1. The van der Waals surface area contributed by atoms with Crippen molar-refractivity contribution in [3.63, 3.8) is 0 Å². The highest BCUT2D eigenvalue weighted by Gasteiger charge is 2.09. The molecule has 0 fully saturated rings. The Morgan fingerprint density at radius 1 is 1.21 bits per heavy atom. The number of nitrogens with one attached hydrogen (secondary N) is 1. The topological polar surface area (TPSA) is 111 Å². The number of anilines is 2. The zero-order valence-corrected chi connectivity index (χ0v) is 9.74. The average molecular weight is 258 g/mol. The maximum Gasteiger partial charge on any atom is 0.274 e. The molecule has 1 heterocycles. The Hall–Kier alpha value is -2.96. The van der Waals surface area contributed by atoms with Crippen molar-refractivity contribution >= 4 is 23.1 Å². The summed E-state index contributed by atoms with van der Waals surface area (Å²) in [5, 5.41) is 13.1. The van der Waals surface area contributed by atoms with Crippen LogP contribution in [0.2, 0.25) is 0 Å². The molecule has 7 nitrogen and oxygen atoms in total. The van der Waals surface area contributed by atoms with Crippen molar-refractivity contribution in [2.45, 2.75) is 0 Å². The summed E-state index contributed by atoms with van der Waals surface area (Å²) in [6, 6.07) is 10.2. The minimum absolute atomic E-state index is 0.0416. The van der Waals surface area contributed by atoms with E-state index < -0.39 is 10.8 Å². The van der Waals surface area contributed by atoms with E-state index in [1.807, 2.05) is 0 Å². The minimum atomic E-state index is -0.509. The molecule has 0 bridgehead atoms. The lowest BCUT2D eigenvalue weighted by Gasteiger charge is -2.04. The summed E-state index contributed by atoms with van der Waals surface area (Å²) in [4.78, 5) is 25.7. The summed E-state index contributed by atoms with van der Waals surface area (Å²) in [5.74, 6) is -0.183. The number of pyridine rings is 1. The number of hydrogen-bond acceptors (Lipinski definition) is 5. The van der Waals surface area contributed by atoms with Crippen LogP contribution in [0.5, 0.6) is 0 Å². The van der Waals surface area contributed by atoms with Gasteiger partial charge in [-0.05, 0) is 24.3 Å². The molecule has 0 aliphatic heterocycles. The first-order valence-corrected chi connectivity index (χ1v) is 5.34. The average Bonchev–Trinajstić information content (AvgIpc) is 2.39. The molecular formula is C12H10N4O3. The van der Waals surface area contributed by atoms with Gasteiger partial charge >= 0.3 is 0 Å². The molecule has 7 heteroatoms. The third kappa shape index (κ3) is 3.03. The van der Waals surface area contributed by atoms with Gasteiger partial charge in [0.25, 0.3) is 11.6 Å². The summed E-state index contributed by atoms with van der Waals surface area (Å²) >= 11 is 0. The third-order valence-electron chi connectivity index (χ3n) is 2.34. The smallest absolute Gasteiger partial charge is 0.274 e. The molecule has 1 aromatic heterocycles. The largest absolute Gasteiger partial charge is 0.384 e. The molecule has 2 aromatic rings. The number of nitro groups is 1. The van der Waals surface area contributed by atoms with Crippen LogP contribution in [-0.4, -0.2) is 15.8 Å². The van der Waals surface area contributed by atoms with Gasteiger partial charge in [-0.1, -0.05) is 6.07 Å². The second-order valence-electron chi connectivity index (χ2n) is 3.71. The molecule has 0 atom stereocenters. The number of non-ortho nitro benzene ring substituents is 1. The van der Waals surface area contributed by atoms with Gasteiger partial charge in [0.05, 0.1) is 4.92 Å². The lowest BCUT2D eigenvalue weighted by molar-refractivity contribution is -0.384. The Morgan fingerprint density at radius 3 is 2.47 bits per heavy atom. The van der Waals surface area contributed by atoms with E-state index in [4.69, 9.17) is 5.73 Å². The zero-order valence-electron chi connectivity index (χ0n) is 9.74. The van der Waals surface area contributed by atoms with Gasteiger partial charge in [-0.15, -0.1) is 0 Å². The lowest BCUT2D eigenvalue weighted by atomic mass is 10.2. The van der Waals surface area contributed by atoms with Gasteiger partial charge in [0.2, 0.25) is 0 Å². The van der Waals surface area contributed by atoms with Crippen LogP contribution in [0.1, 0.15) is 10.5 Å². The molecule has 96 valence electrons. The molecule has 3 N–H and O–H groups in total. The molecule has 0 saturated carbocycles. The Bertz CT molecular complexity index is 625. The molecular weight excluding hydrogens is 248 g/mol. The normalized spacial score (nSPS) is 9.89. The molecule has 0 saturated heterocycles. The van der Waals surface area contributed by atoms with Gasteiger partial charge < -0.3 is 11.1 Å². The number of amides is 1. The lowest BCUT2D eigenvalue weighted by Crippen LogP contribution is -2.14. The number of carbonyl (C=O) groups excluding carboxylic acids is 1. The van der Waals surface area contributed by atoms with Crippen molar-refractivity contribution in [3.05, 3.63) is 58.3 Å². The molecule has 1 aromatic carbocycles. The fraction of sp³-hybridized carbons (Fsp3) is 0. The standard InChI is InChI=1S/C12H10N4O3/c13-11-3-1-2-10(15-11)12(17)14-8-4-6-9(7-5-8)16(18)19/h1-7H,(H2,13,15)(H,14,17). The first kappa shape index (κ1) is 12.5. The first-order valence-electron chi connectivity index (χ1n) is 5.34. The van der Waals surface area contributed by atoms with E-state index in [2.05, 4.69) is 10.3 Å². The summed E-state index contributed by atoms with van der Waals surface area (Å²) < 4.78 is 0. The SMILES string of the molecule is Nc1cccc(C(=O)Nc2ccc([N+](=O)[O-])cc2)n1. The van der Waals surface area contributed by atoms with Crippen LogP contribution in [0.25, 0.3) is 0 Å². The quantitative estimate of drug-likeness (QED) is 0.644. The van der Waals surface area contributed by atoms with Crippen LogP contribution in [0.15, 0.2) is 42.5 Å². The van der Waals surface area contributed by atoms with E-state index in [1.54, 1.807) is 12.1 Å². The van der Waals surface area contributed by atoms with Crippen molar-refractivity contribution in [3.8, 4) is 0 Å². The summed E-state index contributed by atoms with van der Waals surface area (Å²) in [6.45, 7) is 0. The van der Waals surface area contributed by atoms with E-state index in [1.165, 1.54) is 30.3 Å². The van der Waals surface area contributed by atoms with Gasteiger partial charge in [0.15, 0.2) is 0 Å². The van der Waals surface area contributed by atoms with E-state index in [0.29, 0.717) is 5.69 Å². The summed E-state index contributed by atoms with van der Waals surface area (Å²) in [6.07, 6.45) is 0. The highest BCUT2D eigenvalue weighted by Crippen LogP contribution is 2.16. The Balaban J connectivity index is 2.13. The van der Waals surface area contributed by atoms with Crippen molar-refractivity contribution < 1.29 is 9.72 Å². The number of nitrogen functional groups attached to an aromatic ring is 1. The highest BCUT2D eigenvalue weighted by molar-refractivity contribution is 6.03. The van der Waals surface area contributed by atoms with Crippen LogP contribution in [0.3, 0.4) is 0 Å². The van der Waals surface area contributed by atoms with Gasteiger partial charge in [0.1, 0.15) is 11.5 Å². The molecule has 0 radical (unpaired) electrons. The monoisotopic (exact) mass is 258 g/mol. The second kappa shape index (κ2) is 5.13. The van der Waals surface area contributed by atoms with Gasteiger partial charge in [-0.25, -0.2) is 4.98 Å². The van der Waals surface area contributed by atoms with E-state index in [-0.39, 0.29) is 17.2 Å². The number of nitrogens with two attached hydrogens (primary N) is 1. The summed E-state index contributed by atoms with van der Waals surface area (Å²) in [5.41, 5.74) is 6.06. The second-order valence-corrected chi connectivity index (χ2v) is 3.71. The highest BCUT2D eigenvalue weighted by atomic mass is 16.6. The molecule has 0 unspecified atom stereocenters. The first-order chi connectivity index (χ1) is 9.06. The molecule has 0 aliphatic rings. The number of hydrogen-bond donors (Lipinski definition) is 2. The van der Waals surface area contributed by atoms with Crippen LogP contribution in [-0.2, 0) is 0 Å². The Labute approximate surface area is 108 Å². The maximum atomic E-state index is 11.8. The molecule has 19 heavy (non-hydrogen) atoms. The van der Waals surface area contributed by atoms with Crippen molar-refractivity contribution in [1.29, 1.82) is 0 Å². The predicted molar refractivity (Wildman–Crippen MR) is 69.7 cm³/mol. The number of rotatable bonds is 3. The van der Waals surface area contributed by atoms with E-state index >= 15 is 0 Å². The fourth-order valence-corrected chi connectivity index (χ4v) is 1.44. The van der Waals surface area contributed by atoms with Crippen LogP contribution >= 0.6 is 0 Å². The molecule has 0 spiro atoms. The number of nitrogens with zero attached hydrogens (tertiary/aromatic N) is 2. The van der Waals surface area contributed by atoms with Crippen molar-refractivity contribution in [2.24, 2.45) is 0 Å². The van der Waals surface area contributed by atoms with Gasteiger partial charge in [-0.3, -0.25) is 14.9 Å². The molecule has 1 amide bonds.